The van der Waals surface area contributed by atoms with Gasteiger partial charge >= 0.3 is 6.09 Å². The quantitative estimate of drug-likeness (QED) is 0.282. The number of carbonyl (C=O) groups is 1. The number of nitrogens with one attached hydrogen (secondary N) is 1. The fourth-order valence-corrected chi connectivity index (χ4v) is 5.88. The highest BCUT2D eigenvalue weighted by molar-refractivity contribution is 5.68. The fraction of sp³-hybridized carbons (Fsp3) is 0.286. The van der Waals surface area contributed by atoms with E-state index in [1.54, 1.807) is 0 Å². The maximum absolute atomic E-state index is 13.5. The smallest absolute Gasteiger partial charge is 0.410 e. The minimum Gasteiger partial charge on any atom is -0.445 e. The summed E-state index contributed by atoms with van der Waals surface area (Å²) in [6.45, 7) is 1.95. The Hall–Kier alpha value is -3.97. The van der Waals surface area contributed by atoms with Gasteiger partial charge < -0.3 is 24.4 Å². The van der Waals surface area contributed by atoms with Gasteiger partial charge in [0.05, 0.1) is 12.6 Å². The van der Waals surface area contributed by atoms with E-state index in [0.29, 0.717) is 13.2 Å². The lowest BCUT2D eigenvalue weighted by molar-refractivity contribution is -0.151. The molecule has 2 aliphatic heterocycles. The molecule has 4 aromatic rings. The van der Waals surface area contributed by atoms with Crippen molar-refractivity contribution in [1.29, 1.82) is 0 Å². The molecule has 6 rings (SSSR count). The van der Waals surface area contributed by atoms with E-state index in [-0.39, 0.29) is 30.9 Å². The van der Waals surface area contributed by atoms with Crippen LogP contribution >= 0.6 is 0 Å². The van der Waals surface area contributed by atoms with E-state index in [1.807, 2.05) is 102 Å². The predicted molar refractivity (Wildman–Crippen MR) is 158 cm³/mol. The van der Waals surface area contributed by atoms with Crippen molar-refractivity contribution in [3.8, 4) is 0 Å². The van der Waals surface area contributed by atoms with Crippen molar-refractivity contribution >= 4 is 6.09 Å². The minimum atomic E-state index is -1.04. The first kappa shape index (κ1) is 27.2. The van der Waals surface area contributed by atoms with Crippen molar-refractivity contribution in [2.24, 2.45) is 0 Å². The van der Waals surface area contributed by atoms with Gasteiger partial charge in [0.2, 0.25) is 5.79 Å². The van der Waals surface area contributed by atoms with Crippen LogP contribution in [0.15, 0.2) is 121 Å². The lowest BCUT2D eigenvalue weighted by atomic mass is 9.93. The van der Waals surface area contributed by atoms with Crippen molar-refractivity contribution in [1.82, 2.24) is 10.2 Å². The fourth-order valence-electron chi connectivity index (χ4n) is 5.88. The number of hydrogen-bond acceptors (Lipinski definition) is 5. The van der Waals surface area contributed by atoms with Gasteiger partial charge in [0.1, 0.15) is 12.7 Å². The molecule has 1 amide bonds. The summed E-state index contributed by atoms with van der Waals surface area (Å²) in [5.74, 6) is -1.04. The van der Waals surface area contributed by atoms with Gasteiger partial charge in [-0.05, 0) is 24.0 Å². The van der Waals surface area contributed by atoms with E-state index in [2.05, 4.69) is 29.6 Å². The SMILES string of the molecule is O=C(OCc1ccccc1)N1CC[C@@H](NCc2ccccc2)C[C@H]1[C@@H]1COC(c2ccccc2)(c2ccccc2)O1. The zero-order valence-corrected chi connectivity index (χ0v) is 23.1. The third-order valence-electron chi connectivity index (χ3n) is 8.03. The molecule has 4 aromatic carbocycles. The number of benzene rings is 4. The molecule has 3 atom stereocenters. The first-order valence-corrected chi connectivity index (χ1v) is 14.4. The van der Waals surface area contributed by atoms with Crippen LogP contribution in [0.3, 0.4) is 0 Å². The summed E-state index contributed by atoms with van der Waals surface area (Å²) >= 11 is 0. The van der Waals surface area contributed by atoms with Crippen molar-refractivity contribution < 1.29 is 19.0 Å². The van der Waals surface area contributed by atoms with Crippen LogP contribution in [-0.2, 0) is 33.1 Å². The largest absolute Gasteiger partial charge is 0.445 e. The highest BCUT2D eigenvalue weighted by atomic mass is 16.7. The van der Waals surface area contributed by atoms with E-state index in [0.717, 1.165) is 36.1 Å². The molecule has 0 aromatic heterocycles. The van der Waals surface area contributed by atoms with Gasteiger partial charge in [-0.25, -0.2) is 4.79 Å². The minimum absolute atomic E-state index is 0.213. The second kappa shape index (κ2) is 12.7. The van der Waals surface area contributed by atoms with Gasteiger partial charge in [-0.1, -0.05) is 121 Å². The Bertz CT molecular complexity index is 1350. The van der Waals surface area contributed by atoms with Gasteiger partial charge in [-0.3, -0.25) is 0 Å². The Morgan fingerprint density at radius 3 is 1.98 bits per heavy atom. The zero-order valence-electron chi connectivity index (χ0n) is 23.1. The van der Waals surface area contributed by atoms with E-state index in [1.165, 1.54) is 5.56 Å². The lowest BCUT2D eigenvalue weighted by Crippen LogP contribution is -2.56. The monoisotopic (exact) mass is 548 g/mol. The molecule has 0 aliphatic carbocycles. The van der Waals surface area contributed by atoms with E-state index < -0.39 is 5.79 Å². The number of likely N-dealkylation sites (tertiary alicyclic amines) is 1. The van der Waals surface area contributed by atoms with Crippen molar-refractivity contribution in [2.45, 2.75) is 50.0 Å². The number of nitrogens with zero attached hydrogens (tertiary/aromatic N) is 1. The Labute approximate surface area is 241 Å². The summed E-state index contributed by atoms with van der Waals surface area (Å²) in [7, 11) is 0. The van der Waals surface area contributed by atoms with E-state index >= 15 is 0 Å². The normalized spacial score (nSPS) is 21.9. The highest BCUT2D eigenvalue weighted by Crippen LogP contribution is 2.43. The first-order chi connectivity index (χ1) is 20.2. The Morgan fingerprint density at radius 1 is 0.805 bits per heavy atom. The molecule has 0 spiro atoms. The number of carbonyl (C=O) groups excluding carboxylic acids is 1. The molecule has 0 saturated carbocycles. The van der Waals surface area contributed by atoms with Gasteiger partial charge in [0.25, 0.3) is 0 Å². The molecular formula is C35H36N2O4. The summed E-state index contributed by atoms with van der Waals surface area (Å²) in [5.41, 5.74) is 4.06. The Kier molecular flexibility index (Phi) is 8.42. The maximum Gasteiger partial charge on any atom is 0.410 e. The molecule has 2 aliphatic rings. The molecule has 2 saturated heterocycles. The summed E-state index contributed by atoms with van der Waals surface area (Å²) in [5, 5.41) is 3.72. The number of hydrogen-bond donors (Lipinski definition) is 1. The maximum atomic E-state index is 13.5. The van der Waals surface area contributed by atoms with Crippen LogP contribution in [-0.4, -0.2) is 42.3 Å². The Balaban J connectivity index is 1.24. The van der Waals surface area contributed by atoms with Crippen LogP contribution in [0.1, 0.15) is 35.1 Å². The van der Waals surface area contributed by atoms with E-state index in [9.17, 15) is 4.79 Å². The van der Waals surface area contributed by atoms with Gasteiger partial charge in [-0.2, -0.15) is 0 Å². The van der Waals surface area contributed by atoms with Crippen LogP contribution in [0.25, 0.3) is 0 Å². The van der Waals surface area contributed by atoms with Gasteiger partial charge in [-0.15, -0.1) is 0 Å². The highest BCUT2D eigenvalue weighted by Gasteiger charge is 2.50. The van der Waals surface area contributed by atoms with Crippen LogP contribution in [0, 0.1) is 0 Å². The first-order valence-electron chi connectivity index (χ1n) is 14.4. The summed E-state index contributed by atoms with van der Waals surface area (Å²) in [4.78, 5) is 15.4. The number of amides is 1. The third kappa shape index (κ3) is 6.20. The van der Waals surface area contributed by atoms with Gasteiger partial charge in [0.15, 0.2) is 0 Å². The van der Waals surface area contributed by atoms with Crippen molar-refractivity contribution in [2.75, 3.05) is 13.2 Å². The number of piperidine rings is 1. The molecule has 2 heterocycles. The average molecular weight is 549 g/mol. The molecule has 0 radical (unpaired) electrons. The molecular weight excluding hydrogens is 512 g/mol. The molecule has 0 unspecified atom stereocenters. The second-order valence-corrected chi connectivity index (χ2v) is 10.7. The zero-order chi connectivity index (χ0) is 27.9. The summed E-state index contributed by atoms with van der Waals surface area (Å²) < 4.78 is 19.3. The lowest BCUT2D eigenvalue weighted by Gasteiger charge is -2.41. The summed E-state index contributed by atoms with van der Waals surface area (Å²) in [6, 6.07) is 40.3. The molecule has 0 bridgehead atoms. The summed E-state index contributed by atoms with van der Waals surface area (Å²) in [6.07, 6.45) is 0.919. The van der Waals surface area contributed by atoms with E-state index in [4.69, 9.17) is 14.2 Å². The number of ether oxygens (including phenoxy) is 3. The third-order valence-corrected chi connectivity index (χ3v) is 8.03. The molecule has 1 N–H and O–H groups in total. The average Bonchev–Trinajstić information content (AvgIpc) is 3.51. The molecule has 6 nitrogen and oxygen atoms in total. The van der Waals surface area contributed by atoms with Crippen LogP contribution in [0.5, 0.6) is 0 Å². The van der Waals surface area contributed by atoms with Crippen LogP contribution in [0.2, 0.25) is 0 Å². The van der Waals surface area contributed by atoms with Crippen molar-refractivity contribution in [3.05, 3.63) is 144 Å². The van der Waals surface area contributed by atoms with Gasteiger partial charge in [0, 0.05) is 30.3 Å². The predicted octanol–water partition coefficient (Wildman–Crippen LogP) is 6.26. The van der Waals surface area contributed by atoms with Crippen LogP contribution in [0.4, 0.5) is 4.79 Å². The number of rotatable bonds is 8. The molecule has 210 valence electrons. The second-order valence-electron chi connectivity index (χ2n) is 10.7. The molecule has 2 fully saturated rings. The molecule has 41 heavy (non-hydrogen) atoms. The van der Waals surface area contributed by atoms with Crippen LogP contribution < -0.4 is 5.32 Å². The Morgan fingerprint density at radius 2 is 1.37 bits per heavy atom. The topological polar surface area (TPSA) is 60.0 Å². The standard InChI is InChI=1S/C35H36N2O4/c38-34(39-25-28-15-7-2-8-16-28)37-22-21-31(36-24-27-13-5-1-6-14-27)23-32(37)33-26-40-35(41-33,29-17-9-3-10-18-29)30-19-11-4-12-20-30/h1-20,31-33,36H,21-26H2/t31-,32+,33+/m1/s1. The molecule has 6 heteroatoms. The van der Waals surface area contributed by atoms with Crippen molar-refractivity contribution in [3.63, 3.8) is 0 Å².